The summed E-state index contributed by atoms with van der Waals surface area (Å²) < 4.78 is 4.48. The number of fused-ring (bicyclic) bond motifs is 1. The van der Waals surface area contributed by atoms with Crippen LogP contribution in [-0.2, 0) is 14.1 Å². The normalized spacial score (nSPS) is 12.6. The monoisotopic (exact) mass is 398 g/mol. The lowest BCUT2D eigenvalue weighted by Crippen LogP contribution is -2.37. The van der Waals surface area contributed by atoms with Crippen LogP contribution in [0.15, 0.2) is 39.9 Å². The second kappa shape index (κ2) is 8.65. The van der Waals surface area contributed by atoms with Gasteiger partial charge in [0.15, 0.2) is 11.2 Å². The van der Waals surface area contributed by atoms with Gasteiger partial charge in [0, 0.05) is 27.2 Å². The molecule has 0 fully saturated rings. The summed E-state index contributed by atoms with van der Waals surface area (Å²) in [4.78, 5) is 32.4. The number of hydrogen-bond acceptors (Lipinski definition) is 5. The lowest BCUT2D eigenvalue weighted by molar-refractivity contribution is 0.315. The molecule has 0 unspecified atom stereocenters. The molecule has 1 aromatic carbocycles. The fourth-order valence-corrected chi connectivity index (χ4v) is 3.66. The van der Waals surface area contributed by atoms with Crippen LogP contribution in [0.5, 0.6) is 0 Å². The van der Waals surface area contributed by atoms with Crippen molar-refractivity contribution in [1.29, 1.82) is 0 Å². The Morgan fingerprint density at radius 2 is 1.72 bits per heavy atom. The minimum absolute atomic E-state index is 0.123. The lowest BCUT2D eigenvalue weighted by Gasteiger charge is -2.21. The van der Waals surface area contributed by atoms with E-state index in [1.54, 1.807) is 7.05 Å². The maximum atomic E-state index is 13.0. The third-order valence-corrected chi connectivity index (χ3v) is 5.57. The van der Waals surface area contributed by atoms with Crippen molar-refractivity contribution in [3.05, 3.63) is 56.7 Å². The van der Waals surface area contributed by atoms with E-state index in [2.05, 4.69) is 29.0 Å². The van der Waals surface area contributed by atoms with Gasteiger partial charge in [-0.05, 0) is 25.6 Å². The zero-order valence-electron chi connectivity index (χ0n) is 17.8. The summed E-state index contributed by atoms with van der Waals surface area (Å²) in [6, 6.07) is 9.86. The molecule has 3 aromatic rings. The maximum Gasteiger partial charge on any atom is 0.332 e. The lowest BCUT2D eigenvalue weighted by atomic mass is 10.1. The Hall–Kier alpha value is -2.87. The summed E-state index contributed by atoms with van der Waals surface area (Å²) in [6.07, 6.45) is 0. The third-order valence-electron chi connectivity index (χ3n) is 5.57. The second-order valence-electron chi connectivity index (χ2n) is 7.22. The van der Waals surface area contributed by atoms with Gasteiger partial charge >= 0.3 is 5.69 Å². The van der Waals surface area contributed by atoms with Gasteiger partial charge in [-0.25, -0.2) is 4.79 Å². The minimum atomic E-state index is -0.380. The molecule has 8 heteroatoms. The largest absolute Gasteiger partial charge is 0.354 e. The molecule has 0 aliphatic heterocycles. The highest BCUT2D eigenvalue weighted by atomic mass is 16.2. The first-order chi connectivity index (χ1) is 13.9. The smallest absolute Gasteiger partial charge is 0.332 e. The van der Waals surface area contributed by atoms with Crippen molar-refractivity contribution < 1.29 is 0 Å². The van der Waals surface area contributed by atoms with E-state index in [1.165, 1.54) is 11.6 Å². The number of anilines is 1. The molecule has 0 saturated carbocycles. The van der Waals surface area contributed by atoms with Crippen LogP contribution in [-0.4, -0.2) is 49.8 Å². The summed E-state index contributed by atoms with van der Waals surface area (Å²) in [5, 5.41) is 3.39. The number of imidazole rings is 1. The topological polar surface area (TPSA) is 77.1 Å². The molecular formula is C21H30N6O2. The highest BCUT2D eigenvalue weighted by Crippen LogP contribution is 2.26. The van der Waals surface area contributed by atoms with Crippen molar-refractivity contribution >= 4 is 17.1 Å². The predicted octanol–water partition coefficient (Wildman–Crippen LogP) is 1.80. The Kier molecular flexibility index (Phi) is 6.22. The van der Waals surface area contributed by atoms with Crippen molar-refractivity contribution in [2.75, 3.05) is 31.5 Å². The first kappa shape index (κ1) is 20.9. The van der Waals surface area contributed by atoms with Gasteiger partial charge in [0.05, 0.1) is 6.04 Å². The summed E-state index contributed by atoms with van der Waals surface area (Å²) in [7, 11) is 3.15. The molecule has 1 atom stereocenters. The molecule has 0 aliphatic carbocycles. The summed E-state index contributed by atoms with van der Waals surface area (Å²) in [5.41, 5.74) is 1.17. The van der Waals surface area contributed by atoms with E-state index < -0.39 is 0 Å². The maximum absolute atomic E-state index is 13.0. The van der Waals surface area contributed by atoms with Crippen molar-refractivity contribution in [3.8, 4) is 0 Å². The van der Waals surface area contributed by atoms with Crippen LogP contribution in [0.25, 0.3) is 11.2 Å². The number of hydrogen-bond donors (Lipinski definition) is 1. The number of aryl methyl sites for hydroxylation is 1. The molecule has 156 valence electrons. The number of nitrogens with one attached hydrogen (secondary N) is 1. The van der Waals surface area contributed by atoms with Crippen molar-refractivity contribution in [2.45, 2.75) is 26.8 Å². The van der Waals surface area contributed by atoms with Gasteiger partial charge in [-0.15, -0.1) is 0 Å². The van der Waals surface area contributed by atoms with Gasteiger partial charge in [-0.2, -0.15) is 4.98 Å². The number of benzene rings is 1. The van der Waals surface area contributed by atoms with Crippen LogP contribution in [0.2, 0.25) is 0 Å². The Morgan fingerprint density at radius 3 is 2.34 bits per heavy atom. The van der Waals surface area contributed by atoms with Crippen molar-refractivity contribution in [3.63, 3.8) is 0 Å². The zero-order valence-corrected chi connectivity index (χ0v) is 17.8. The molecule has 8 nitrogen and oxygen atoms in total. The SMILES string of the molecule is CCN(CC)CCNc1nc2c(c(=O)n(C)c(=O)n2C)n1[C@H](C)c1ccccc1. The molecule has 2 aromatic heterocycles. The van der Waals surface area contributed by atoms with Crippen molar-refractivity contribution in [1.82, 2.24) is 23.6 Å². The molecule has 3 rings (SSSR count). The van der Waals surface area contributed by atoms with Crippen LogP contribution in [0, 0.1) is 0 Å². The molecule has 0 radical (unpaired) electrons. The molecule has 0 spiro atoms. The Balaban J connectivity index is 2.14. The fraction of sp³-hybridized carbons (Fsp3) is 0.476. The van der Waals surface area contributed by atoms with E-state index in [4.69, 9.17) is 0 Å². The molecule has 0 amide bonds. The van der Waals surface area contributed by atoms with Gasteiger partial charge in [0.2, 0.25) is 5.95 Å². The predicted molar refractivity (Wildman–Crippen MR) is 117 cm³/mol. The molecule has 0 saturated heterocycles. The van der Waals surface area contributed by atoms with Crippen LogP contribution >= 0.6 is 0 Å². The Morgan fingerprint density at radius 1 is 1.07 bits per heavy atom. The van der Waals surface area contributed by atoms with Crippen LogP contribution < -0.4 is 16.6 Å². The average molecular weight is 399 g/mol. The molecule has 1 N–H and O–H groups in total. The number of rotatable bonds is 8. The van der Waals surface area contributed by atoms with Gasteiger partial charge < -0.3 is 10.2 Å². The van der Waals surface area contributed by atoms with Crippen LogP contribution in [0.3, 0.4) is 0 Å². The zero-order chi connectivity index (χ0) is 21.1. The quantitative estimate of drug-likeness (QED) is 0.626. The average Bonchev–Trinajstić information content (AvgIpc) is 3.13. The van der Waals surface area contributed by atoms with E-state index in [0.29, 0.717) is 23.7 Å². The van der Waals surface area contributed by atoms with Gasteiger partial charge in [0.25, 0.3) is 5.56 Å². The van der Waals surface area contributed by atoms with Crippen LogP contribution in [0.1, 0.15) is 32.4 Å². The summed E-state index contributed by atoms with van der Waals surface area (Å²) in [6.45, 7) is 9.82. The van der Waals surface area contributed by atoms with Gasteiger partial charge in [-0.1, -0.05) is 44.2 Å². The van der Waals surface area contributed by atoms with E-state index in [0.717, 1.165) is 29.8 Å². The fourth-order valence-electron chi connectivity index (χ4n) is 3.66. The molecule has 29 heavy (non-hydrogen) atoms. The van der Waals surface area contributed by atoms with E-state index in [9.17, 15) is 9.59 Å². The summed E-state index contributed by atoms with van der Waals surface area (Å²) >= 11 is 0. The molecule has 0 aliphatic rings. The third kappa shape index (κ3) is 3.85. The summed E-state index contributed by atoms with van der Waals surface area (Å²) in [5.74, 6) is 0.599. The van der Waals surface area contributed by atoms with Crippen molar-refractivity contribution in [2.24, 2.45) is 14.1 Å². The number of aromatic nitrogens is 4. The molecule has 2 heterocycles. The highest BCUT2D eigenvalue weighted by molar-refractivity contribution is 5.74. The van der Waals surface area contributed by atoms with E-state index in [-0.39, 0.29) is 17.3 Å². The highest BCUT2D eigenvalue weighted by Gasteiger charge is 2.23. The first-order valence-electron chi connectivity index (χ1n) is 10.1. The van der Waals surface area contributed by atoms with Crippen LogP contribution in [0.4, 0.5) is 5.95 Å². The van der Waals surface area contributed by atoms with E-state index in [1.807, 2.05) is 41.8 Å². The van der Waals surface area contributed by atoms with E-state index >= 15 is 0 Å². The first-order valence-corrected chi connectivity index (χ1v) is 10.1. The number of nitrogens with zero attached hydrogens (tertiary/aromatic N) is 5. The van der Waals surface area contributed by atoms with Gasteiger partial charge in [-0.3, -0.25) is 18.5 Å². The number of likely N-dealkylation sites (N-methyl/N-ethyl adjacent to an activating group) is 1. The van der Waals surface area contributed by atoms with Gasteiger partial charge in [0.1, 0.15) is 0 Å². The molecule has 0 bridgehead atoms. The second-order valence-corrected chi connectivity index (χ2v) is 7.22. The standard InChI is InChI=1S/C21H30N6O2/c1-6-26(7-2)14-13-22-20-23-18-17(19(28)25(5)21(29)24(18)4)27(20)15(3)16-11-9-8-10-12-16/h8-12,15H,6-7,13-14H2,1-5H3,(H,22,23)/t15-/m1/s1. The molecular weight excluding hydrogens is 368 g/mol. The Bertz CT molecular complexity index is 1090. The Labute approximate surface area is 170 Å². The minimum Gasteiger partial charge on any atom is -0.354 e.